The largest absolute Gasteiger partial charge is 0.399 e. The molecule has 2 atom stereocenters. The zero-order valence-electron chi connectivity index (χ0n) is 9.07. The van der Waals surface area contributed by atoms with E-state index in [-0.39, 0.29) is 0 Å². The maximum Gasteiger partial charge on any atom is 0.106 e. The number of rotatable bonds is 4. The first kappa shape index (κ1) is 12.0. The molecule has 0 heterocycles. The summed E-state index contributed by atoms with van der Waals surface area (Å²) < 4.78 is 0. The van der Waals surface area contributed by atoms with Crippen molar-refractivity contribution in [1.29, 1.82) is 0 Å². The van der Waals surface area contributed by atoms with Gasteiger partial charge in [0.2, 0.25) is 0 Å². The minimum absolute atomic E-state index is 0.343. The number of aryl methyl sites for hydroxylation is 1. The van der Waals surface area contributed by atoms with Crippen LogP contribution in [-0.4, -0.2) is 29.9 Å². The minimum Gasteiger partial charge on any atom is -0.399 e. The summed E-state index contributed by atoms with van der Waals surface area (Å²) in [4.78, 5) is 0. The van der Waals surface area contributed by atoms with Gasteiger partial charge in [0.05, 0.1) is 6.10 Å². The SMILES string of the molecule is CNCC(O)C(O)c1cc(N)ccc1C. The third kappa shape index (κ3) is 2.92. The molecule has 0 aliphatic carbocycles. The molecule has 5 N–H and O–H groups in total. The number of aliphatic hydroxyl groups is 2. The first-order chi connectivity index (χ1) is 7.06. The summed E-state index contributed by atoms with van der Waals surface area (Å²) in [5, 5.41) is 22.3. The summed E-state index contributed by atoms with van der Waals surface area (Å²) in [6, 6.07) is 5.30. The van der Waals surface area contributed by atoms with Crippen molar-refractivity contribution in [3.05, 3.63) is 29.3 Å². The van der Waals surface area contributed by atoms with E-state index in [1.807, 2.05) is 13.0 Å². The lowest BCUT2D eigenvalue weighted by Gasteiger charge is -2.19. The Hall–Kier alpha value is -1.10. The van der Waals surface area contributed by atoms with E-state index in [9.17, 15) is 10.2 Å². The number of likely N-dealkylation sites (N-methyl/N-ethyl adjacent to an activating group) is 1. The van der Waals surface area contributed by atoms with Gasteiger partial charge in [-0.05, 0) is 37.2 Å². The molecule has 0 aromatic heterocycles. The number of benzene rings is 1. The number of hydrogen-bond acceptors (Lipinski definition) is 4. The predicted octanol–water partition coefficient (Wildman–Crippen LogP) is 0.191. The van der Waals surface area contributed by atoms with E-state index < -0.39 is 12.2 Å². The average Bonchev–Trinajstić information content (AvgIpc) is 2.21. The maximum absolute atomic E-state index is 9.88. The number of nitrogen functional groups attached to an aromatic ring is 1. The highest BCUT2D eigenvalue weighted by Crippen LogP contribution is 2.22. The Labute approximate surface area is 89.7 Å². The fourth-order valence-electron chi connectivity index (χ4n) is 1.51. The van der Waals surface area contributed by atoms with Crippen molar-refractivity contribution in [2.75, 3.05) is 19.3 Å². The number of nitrogens with two attached hydrogens (primary N) is 1. The molecule has 0 radical (unpaired) electrons. The van der Waals surface area contributed by atoms with Crippen molar-refractivity contribution < 1.29 is 10.2 Å². The molecule has 84 valence electrons. The highest BCUT2D eigenvalue weighted by atomic mass is 16.3. The lowest BCUT2D eigenvalue weighted by molar-refractivity contribution is 0.0199. The predicted molar refractivity (Wildman–Crippen MR) is 60.5 cm³/mol. The molecule has 1 aromatic rings. The van der Waals surface area contributed by atoms with E-state index in [1.165, 1.54) is 0 Å². The van der Waals surface area contributed by atoms with Gasteiger partial charge in [-0.25, -0.2) is 0 Å². The second-order valence-corrected chi connectivity index (χ2v) is 3.69. The first-order valence-electron chi connectivity index (χ1n) is 4.93. The molecule has 1 rings (SSSR count). The smallest absolute Gasteiger partial charge is 0.106 e. The third-order valence-corrected chi connectivity index (χ3v) is 2.40. The Morgan fingerprint density at radius 3 is 2.67 bits per heavy atom. The van der Waals surface area contributed by atoms with Crippen molar-refractivity contribution >= 4 is 5.69 Å². The molecule has 1 aromatic carbocycles. The number of aliphatic hydroxyl groups excluding tert-OH is 2. The molecule has 0 aliphatic rings. The molecule has 0 amide bonds. The van der Waals surface area contributed by atoms with Gasteiger partial charge in [-0.2, -0.15) is 0 Å². The van der Waals surface area contributed by atoms with Gasteiger partial charge < -0.3 is 21.3 Å². The monoisotopic (exact) mass is 210 g/mol. The zero-order chi connectivity index (χ0) is 11.4. The fourth-order valence-corrected chi connectivity index (χ4v) is 1.51. The Morgan fingerprint density at radius 1 is 1.40 bits per heavy atom. The van der Waals surface area contributed by atoms with E-state index in [0.29, 0.717) is 17.8 Å². The zero-order valence-corrected chi connectivity index (χ0v) is 9.07. The Morgan fingerprint density at radius 2 is 2.07 bits per heavy atom. The lowest BCUT2D eigenvalue weighted by Crippen LogP contribution is -2.30. The minimum atomic E-state index is -0.902. The van der Waals surface area contributed by atoms with Crippen LogP contribution < -0.4 is 11.1 Å². The van der Waals surface area contributed by atoms with E-state index in [2.05, 4.69) is 5.32 Å². The van der Waals surface area contributed by atoms with Gasteiger partial charge in [0.1, 0.15) is 6.10 Å². The average molecular weight is 210 g/mol. The van der Waals surface area contributed by atoms with Crippen LogP contribution in [0.15, 0.2) is 18.2 Å². The van der Waals surface area contributed by atoms with Crippen LogP contribution in [-0.2, 0) is 0 Å². The molecule has 15 heavy (non-hydrogen) atoms. The Balaban J connectivity index is 2.89. The van der Waals surface area contributed by atoms with Crippen LogP contribution in [0, 0.1) is 6.92 Å². The third-order valence-electron chi connectivity index (χ3n) is 2.40. The second kappa shape index (κ2) is 5.11. The normalized spacial score (nSPS) is 14.9. The van der Waals surface area contributed by atoms with Gasteiger partial charge >= 0.3 is 0 Å². The molecule has 0 aliphatic heterocycles. The second-order valence-electron chi connectivity index (χ2n) is 3.69. The summed E-state index contributed by atoms with van der Waals surface area (Å²) in [6.07, 6.45) is -1.73. The van der Waals surface area contributed by atoms with Crippen molar-refractivity contribution in [2.24, 2.45) is 0 Å². The summed E-state index contributed by atoms with van der Waals surface area (Å²) in [5.41, 5.74) is 7.82. The molecule has 0 fully saturated rings. The van der Waals surface area contributed by atoms with Crippen LogP contribution in [0.1, 0.15) is 17.2 Å². The van der Waals surface area contributed by atoms with Gasteiger partial charge in [0.15, 0.2) is 0 Å². The molecular weight excluding hydrogens is 192 g/mol. The van der Waals surface area contributed by atoms with Crippen LogP contribution in [0.4, 0.5) is 5.69 Å². The van der Waals surface area contributed by atoms with Crippen molar-refractivity contribution in [1.82, 2.24) is 5.32 Å². The van der Waals surface area contributed by atoms with Crippen LogP contribution in [0.5, 0.6) is 0 Å². The van der Waals surface area contributed by atoms with Gasteiger partial charge in [-0.15, -0.1) is 0 Å². The van der Waals surface area contributed by atoms with Crippen molar-refractivity contribution in [3.63, 3.8) is 0 Å². The van der Waals surface area contributed by atoms with E-state index >= 15 is 0 Å². The number of hydrogen-bond donors (Lipinski definition) is 4. The molecule has 4 heteroatoms. The van der Waals surface area contributed by atoms with E-state index in [4.69, 9.17) is 5.73 Å². The Kier molecular flexibility index (Phi) is 4.08. The van der Waals surface area contributed by atoms with Crippen LogP contribution in [0.3, 0.4) is 0 Å². The summed E-state index contributed by atoms with van der Waals surface area (Å²) in [5.74, 6) is 0. The van der Waals surface area contributed by atoms with Gasteiger partial charge in [-0.3, -0.25) is 0 Å². The van der Waals surface area contributed by atoms with Crippen LogP contribution >= 0.6 is 0 Å². The molecule has 4 nitrogen and oxygen atoms in total. The van der Waals surface area contributed by atoms with Crippen molar-refractivity contribution in [2.45, 2.75) is 19.1 Å². The summed E-state index contributed by atoms with van der Waals surface area (Å²) in [7, 11) is 1.72. The molecule has 0 spiro atoms. The standard InChI is InChI=1S/C11H18N2O2/c1-7-3-4-8(12)5-9(7)11(15)10(14)6-13-2/h3-5,10-11,13-15H,6,12H2,1-2H3. The maximum atomic E-state index is 9.88. The quantitative estimate of drug-likeness (QED) is 0.535. The molecule has 0 saturated heterocycles. The highest BCUT2D eigenvalue weighted by Gasteiger charge is 2.19. The first-order valence-corrected chi connectivity index (χ1v) is 4.93. The lowest BCUT2D eigenvalue weighted by atomic mass is 9.99. The van der Waals surface area contributed by atoms with Crippen LogP contribution in [0.25, 0.3) is 0 Å². The van der Waals surface area contributed by atoms with Crippen molar-refractivity contribution in [3.8, 4) is 0 Å². The number of nitrogens with one attached hydrogen (secondary N) is 1. The Bertz CT molecular complexity index is 328. The van der Waals surface area contributed by atoms with E-state index in [0.717, 1.165) is 5.56 Å². The topological polar surface area (TPSA) is 78.5 Å². The number of anilines is 1. The molecule has 2 unspecified atom stereocenters. The fraction of sp³-hybridized carbons (Fsp3) is 0.455. The van der Waals surface area contributed by atoms with Gasteiger partial charge in [0, 0.05) is 12.2 Å². The summed E-state index contributed by atoms with van der Waals surface area (Å²) in [6.45, 7) is 2.22. The van der Waals surface area contributed by atoms with Gasteiger partial charge in [0.25, 0.3) is 0 Å². The summed E-state index contributed by atoms with van der Waals surface area (Å²) >= 11 is 0. The molecular formula is C11H18N2O2. The van der Waals surface area contributed by atoms with Gasteiger partial charge in [-0.1, -0.05) is 6.07 Å². The molecule has 0 bridgehead atoms. The van der Waals surface area contributed by atoms with Crippen LogP contribution in [0.2, 0.25) is 0 Å². The highest BCUT2D eigenvalue weighted by molar-refractivity contribution is 5.45. The molecule has 0 saturated carbocycles. The van der Waals surface area contributed by atoms with E-state index in [1.54, 1.807) is 19.2 Å².